The average Bonchev–Trinajstić information content (AvgIpc) is 3.18. The van der Waals surface area contributed by atoms with Gasteiger partial charge in [-0.2, -0.15) is 5.10 Å². The number of ether oxygens (including phenoxy) is 1. The van der Waals surface area contributed by atoms with Crippen molar-refractivity contribution < 1.29 is 9.53 Å². The molecule has 1 saturated carbocycles. The van der Waals surface area contributed by atoms with E-state index in [0.29, 0.717) is 17.0 Å². The van der Waals surface area contributed by atoms with Gasteiger partial charge in [0.15, 0.2) is 0 Å². The van der Waals surface area contributed by atoms with Crippen molar-refractivity contribution in [3.8, 4) is 0 Å². The van der Waals surface area contributed by atoms with Gasteiger partial charge in [-0.3, -0.25) is 19.2 Å². The van der Waals surface area contributed by atoms with Gasteiger partial charge in [0.05, 0.1) is 28.7 Å². The second-order valence-electron chi connectivity index (χ2n) is 9.08. The average molecular weight is 474 g/mol. The number of pyridine rings is 1. The van der Waals surface area contributed by atoms with Crippen LogP contribution in [-0.2, 0) is 4.74 Å². The zero-order valence-corrected chi connectivity index (χ0v) is 20.1. The fourth-order valence-corrected chi connectivity index (χ4v) is 4.91. The molecule has 0 atom stereocenters. The molecule has 0 unspecified atom stereocenters. The minimum absolute atomic E-state index is 0. The molecule has 0 bridgehead atoms. The molecule has 178 valence electrons. The highest BCUT2D eigenvalue weighted by Gasteiger charge is 2.26. The standard InChI is InChI=1S/C24H31N5O3.ClH/c1-16-13-21-19(22-20(23(30)26-21)15-25-29(22)17-5-3-6-17)14-18(16)24(31)28-10-8-27(9-11-28)7-4-12-32-2;/h13-15,17H,3-12H2,1-2H3,(H,26,30);1H. The van der Waals surface area contributed by atoms with Gasteiger partial charge < -0.3 is 14.6 Å². The van der Waals surface area contributed by atoms with Gasteiger partial charge in [-0.05, 0) is 50.3 Å². The lowest BCUT2D eigenvalue weighted by Gasteiger charge is -2.35. The molecule has 0 spiro atoms. The summed E-state index contributed by atoms with van der Waals surface area (Å²) in [6, 6.07) is 4.24. The number of benzene rings is 1. The van der Waals surface area contributed by atoms with Gasteiger partial charge in [0.1, 0.15) is 0 Å². The van der Waals surface area contributed by atoms with E-state index >= 15 is 0 Å². The summed E-state index contributed by atoms with van der Waals surface area (Å²) < 4.78 is 7.14. The van der Waals surface area contributed by atoms with Gasteiger partial charge in [0, 0.05) is 57.4 Å². The largest absolute Gasteiger partial charge is 0.385 e. The van der Waals surface area contributed by atoms with Crippen LogP contribution in [-0.4, -0.2) is 76.9 Å². The van der Waals surface area contributed by atoms with Crippen molar-refractivity contribution in [1.82, 2.24) is 24.6 Å². The monoisotopic (exact) mass is 473 g/mol. The van der Waals surface area contributed by atoms with E-state index in [1.807, 2.05) is 28.6 Å². The van der Waals surface area contributed by atoms with Crippen LogP contribution in [0.4, 0.5) is 0 Å². The highest BCUT2D eigenvalue weighted by Crippen LogP contribution is 2.35. The van der Waals surface area contributed by atoms with Gasteiger partial charge in [0.25, 0.3) is 11.5 Å². The lowest BCUT2D eigenvalue weighted by Crippen LogP contribution is -2.49. The van der Waals surface area contributed by atoms with E-state index in [1.165, 1.54) is 6.42 Å². The molecule has 1 amide bonds. The Labute approximate surface area is 199 Å². The summed E-state index contributed by atoms with van der Waals surface area (Å²) in [5.41, 5.74) is 3.09. The van der Waals surface area contributed by atoms with Crippen molar-refractivity contribution in [1.29, 1.82) is 0 Å². The molecule has 2 aromatic heterocycles. The lowest BCUT2D eigenvalue weighted by atomic mass is 9.93. The van der Waals surface area contributed by atoms with E-state index in [1.54, 1.807) is 13.3 Å². The SMILES string of the molecule is COCCCN1CCN(C(=O)c2cc3c(cc2C)[nH]c(=O)c2cnn(C4CCC4)c23)CC1.Cl. The number of H-pyrrole nitrogens is 1. The van der Waals surface area contributed by atoms with Crippen LogP contribution in [0.2, 0.25) is 0 Å². The number of fused-ring (bicyclic) bond motifs is 3. The molecule has 1 aliphatic carbocycles. The first-order chi connectivity index (χ1) is 15.6. The minimum Gasteiger partial charge on any atom is -0.385 e. The number of halogens is 1. The number of hydrogen-bond donors (Lipinski definition) is 1. The van der Waals surface area contributed by atoms with Gasteiger partial charge in [-0.15, -0.1) is 12.4 Å². The molecular weight excluding hydrogens is 442 g/mol. The molecule has 2 aliphatic rings. The van der Waals surface area contributed by atoms with Crippen LogP contribution in [0.15, 0.2) is 23.1 Å². The van der Waals surface area contributed by atoms with Crippen LogP contribution in [0.25, 0.3) is 21.8 Å². The van der Waals surface area contributed by atoms with Crippen molar-refractivity contribution in [3.63, 3.8) is 0 Å². The molecule has 33 heavy (non-hydrogen) atoms. The molecule has 1 saturated heterocycles. The Balaban J connectivity index is 0.00000259. The van der Waals surface area contributed by atoms with E-state index < -0.39 is 0 Å². The summed E-state index contributed by atoms with van der Waals surface area (Å²) in [7, 11) is 1.73. The molecule has 1 aliphatic heterocycles. The van der Waals surface area contributed by atoms with Crippen molar-refractivity contribution in [3.05, 3.63) is 39.8 Å². The third-order valence-corrected chi connectivity index (χ3v) is 7.04. The van der Waals surface area contributed by atoms with Gasteiger partial charge in [0.2, 0.25) is 0 Å². The van der Waals surface area contributed by atoms with Crippen molar-refractivity contribution >= 4 is 40.1 Å². The summed E-state index contributed by atoms with van der Waals surface area (Å²) >= 11 is 0. The van der Waals surface area contributed by atoms with Crippen molar-refractivity contribution in [2.75, 3.05) is 46.4 Å². The third kappa shape index (κ3) is 4.39. The minimum atomic E-state index is -0.124. The number of amides is 1. The molecule has 5 rings (SSSR count). The second kappa shape index (κ2) is 9.83. The number of aryl methyl sites for hydroxylation is 1. The number of methoxy groups -OCH3 is 1. The molecule has 1 N–H and O–H groups in total. The zero-order chi connectivity index (χ0) is 22.2. The number of carbonyl (C=O) groups excluding carboxylic acids is 1. The fraction of sp³-hybridized carbons (Fsp3) is 0.542. The number of nitrogens with one attached hydrogen (secondary N) is 1. The predicted molar refractivity (Wildman–Crippen MR) is 132 cm³/mol. The first-order valence-electron chi connectivity index (χ1n) is 11.6. The van der Waals surface area contributed by atoms with Crippen LogP contribution >= 0.6 is 12.4 Å². The van der Waals surface area contributed by atoms with Gasteiger partial charge in [-0.1, -0.05) is 0 Å². The number of aromatic amines is 1. The third-order valence-electron chi connectivity index (χ3n) is 7.04. The number of aromatic nitrogens is 3. The highest BCUT2D eigenvalue weighted by atomic mass is 35.5. The van der Waals surface area contributed by atoms with Crippen molar-refractivity contribution in [2.45, 2.75) is 38.6 Å². The molecule has 1 aromatic carbocycles. The first-order valence-corrected chi connectivity index (χ1v) is 11.6. The maximum absolute atomic E-state index is 13.5. The molecule has 9 heteroatoms. The summed E-state index contributed by atoms with van der Waals surface area (Å²) in [6.45, 7) is 6.93. The maximum atomic E-state index is 13.5. The summed E-state index contributed by atoms with van der Waals surface area (Å²) in [5.74, 6) is 0.0648. The Bertz CT molecular complexity index is 1210. The summed E-state index contributed by atoms with van der Waals surface area (Å²) in [5, 5.41) is 6.03. The molecule has 0 radical (unpaired) electrons. The lowest BCUT2D eigenvalue weighted by molar-refractivity contribution is 0.0623. The van der Waals surface area contributed by atoms with Crippen LogP contribution in [0.1, 0.15) is 47.6 Å². The maximum Gasteiger partial charge on any atom is 0.259 e. The molecular formula is C24H32ClN5O3. The van der Waals surface area contributed by atoms with E-state index in [9.17, 15) is 9.59 Å². The Morgan fingerprint density at radius 3 is 2.61 bits per heavy atom. The predicted octanol–water partition coefficient (Wildman–Crippen LogP) is 3.13. The van der Waals surface area contributed by atoms with E-state index in [0.717, 1.165) is 80.6 Å². The quantitative estimate of drug-likeness (QED) is 0.556. The van der Waals surface area contributed by atoms with Gasteiger partial charge in [-0.25, -0.2) is 0 Å². The Kier molecular flexibility index (Phi) is 7.07. The molecule has 2 fully saturated rings. The van der Waals surface area contributed by atoms with E-state index in [-0.39, 0.29) is 23.9 Å². The fourth-order valence-electron chi connectivity index (χ4n) is 4.91. The van der Waals surface area contributed by atoms with Crippen LogP contribution in [0.5, 0.6) is 0 Å². The van der Waals surface area contributed by atoms with E-state index in [4.69, 9.17) is 4.74 Å². The Morgan fingerprint density at radius 1 is 1.18 bits per heavy atom. The summed E-state index contributed by atoms with van der Waals surface area (Å²) in [6.07, 6.45) is 6.02. The zero-order valence-electron chi connectivity index (χ0n) is 19.3. The smallest absolute Gasteiger partial charge is 0.259 e. The highest BCUT2D eigenvalue weighted by molar-refractivity contribution is 6.07. The first kappa shape index (κ1) is 23.7. The van der Waals surface area contributed by atoms with Crippen LogP contribution in [0.3, 0.4) is 0 Å². The second-order valence-corrected chi connectivity index (χ2v) is 9.08. The number of piperazine rings is 1. The molecule has 3 aromatic rings. The van der Waals surface area contributed by atoms with Crippen molar-refractivity contribution in [2.24, 2.45) is 0 Å². The number of hydrogen-bond acceptors (Lipinski definition) is 5. The number of carbonyl (C=O) groups is 1. The van der Waals surface area contributed by atoms with Gasteiger partial charge >= 0.3 is 0 Å². The normalized spacial score (nSPS) is 17.3. The summed E-state index contributed by atoms with van der Waals surface area (Å²) in [4.78, 5) is 33.4. The van der Waals surface area contributed by atoms with Crippen LogP contribution < -0.4 is 5.56 Å². The Morgan fingerprint density at radius 2 is 1.94 bits per heavy atom. The topological polar surface area (TPSA) is 83.5 Å². The number of rotatable bonds is 6. The number of nitrogens with zero attached hydrogens (tertiary/aromatic N) is 4. The molecule has 8 nitrogen and oxygen atoms in total. The van der Waals surface area contributed by atoms with E-state index in [2.05, 4.69) is 15.0 Å². The van der Waals surface area contributed by atoms with Crippen LogP contribution in [0, 0.1) is 6.92 Å². The molecule has 3 heterocycles. The Hall–Kier alpha value is -2.42.